The fraction of sp³-hybridized carbons (Fsp3) is 0.0667. The van der Waals surface area contributed by atoms with E-state index in [2.05, 4.69) is 15.9 Å². The molecule has 2 nitrogen and oxygen atoms in total. The van der Waals surface area contributed by atoms with Crippen LogP contribution in [0.3, 0.4) is 0 Å². The molecule has 0 aromatic heterocycles. The molecule has 2 aromatic rings. The molecule has 2 aromatic carbocycles. The van der Waals surface area contributed by atoms with E-state index in [0.717, 1.165) is 5.56 Å². The molecule has 0 aliphatic heterocycles. The van der Waals surface area contributed by atoms with Gasteiger partial charge in [-0.15, -0.1) is 0 Å². The summed E-state index contributed by atoms with van der Waals surface area (Å²) in [6.45, 7) is 1.91. The molecule has 0 bridgehead atoms. The van der Waals surface area contributed by atoms with Gasteiger partial charge in [-0.2, -0.15) is 0 Å². The first-order valence-corrected chi connectivity index (χ1v) is 6.37. The first-order chi connectivity index (χ1) is 8.59. The summed E-state index contributed by atoms with van der Waals surface area (Å²) in [6, 6.07) is 10.6. The van der Waals surface area contributed by atoms with Gasteiger partial charge in [0.15, 0.2) is 11.6 Å². The van der Waals surface area contributed by atoms with Crippen molar-refractivity contribution in [3.05, 3.63) is 68.7 Å². The van der Waals surface area contributed by atoms with Crippen molar-refractivity contribution in [1.82, 2.24) is 0 Å². The van der Waals surface area contributed by atoms with Gasteiger partial charge in [0.1, 0.15) is 0 Å². The molecular weight excluding hydrogens is 292 g/mol. The first kappa shape index (κ1) is 11.4. The third-order valence-corrected chi connectivity index (χ3v) is 3.75. The Bertz CT molecular complexity index is 702. The van der Waals surface area contributed by atoms with Gasteiger partial charge < -0.3 is 0 Å². The lowest BCUT2D eigenvalue weighted by atomic mass is 9.83. The van der Waals surface area contributed by atoms with E-state index in [0.29, 0.717) is 26.7 Å². The number of aryl methyl sites for hydroxylation is 1. The summed E-state index contributed by atoms with van der Waals surface area (Å²) in [7, 11) is 0. The number of rotatable bonds is 0. The van der Waals surface area contributed by atoms with Gasteiger partial charge in [0.05, 0.1) is 0 Å². The van der Waals surface area contributed by atoms with E-state index in [4.69, 9.17) is 0 Å². The highest BCUT2D eigenvalue weighted by atomic mass is 79.9. The second kappa shape index (κ2) is 3.89. The maximum atomic E-state index is 12.4. The fourth-order valence-corrected chi connectivity index (χ4v) is 3.07. The Balaban J connectivity index is 2.37. The van der Waals surface area contributed by atoms with Crippen LogP contribution in [0.15, 0.2) is 40.9 Å². The summed E-state index contributed by atoms with van der Waals surface area (Å²) >= 11 is 3.38. The Morgan fingerprint density at radius 2 is 1.50 bits per heavy atom. The molecule has 1 aliphatic rings. The zero-order valence-corrected chi connectivity index (χ0v) is 11.2. The van der Waals surface area contributed by atoms with Crippen LogP contribution < -0.4 is 0 Å². The fourth-order valence-electron chi connectivity index (χ4n) is 2.31. The molecule has 0 heterocycles. The maximum Gasteiger partial charge on any atom is 0.195 e. The Hall–Kier alpha value is -1.74. The number of fused-ring (bicyclic) bond motifs is 2. The van der Waals surface area contributed by atoms with Crippen LogP contribution >= 0.6 is 15.9 Å². The van der Waals surface area contributed by atoms with Gasteiger partial charge in [0, 0.05) is 26.7 Å². The third kappa shape index (κ3) is 1.47. The molecule has 0 saturated carbocycles. The summed E-state index contributed by atoms with van der Waals surface area (Å²) in [5.41, 5.74) is 2.91. The van der Waals surface area contributed by atoms with E-state index >= 15 is 0 Å². The highest BCUT2D eigenvalue weighted by molar-refractivity contribution is 9.10. The number of carbonyl (C=O) groups excluding carboxylic acids is 2. The molecule has 0 atom stereocenters. The number of carbonyl (C=O) groups is 2. The molecular formula is C15H9BrO2. The SMILES string of the molecule is Cc1cc(Br)c2c(c1)C(=O)c1ccccc1C2=O. The third-order valence-electron chi connectivity index (χ3n) is 3.12. The average Bonchev–Trinajstić information content (AvgIpc) is 2.35. The van der Waals surface area contributed by atoms with Crippen molar-refractivity contribution < 1.29 is 9.59 Å². The highest BCUT2D eigenvalue weighted by Crippen LogP contribution is 2.32. The van der Waals surface area contributed by atoms with Crippen molar-refractivity contribution >= 4 is 27.5 Å². The molecule has 0 spiro atoms. The number of benzene rings is 2. The Labute approximate surface area is 113 Å². The zero-order valence-electron chi connectivity index (χ0n) is 9.66. The lowest BCUT2D eigenvalue weighted by Crippen LogP contribution is -2.21. The molecule has 18 heavy (non-hydrogen) atoms. The van der Waals surface area contributed by atoms with Crippen LogP contribution in [-0.2, 0) is 0 Å². The largest absolute Gasteiger partial charge is 0.289 e. The summed E-state index contributed by atoms with van der Waals surface area (Å²) in [4.78, 5) is 24.8. The Morgan fingerprint density at radius 3 is 2.17 bits per heavy atom. The van der Waals surface area contributed by atoms with Crippen LogP contribution in [0.1, 0.15) is 37.4 Å². The van der Waals surface area contributed by atoms with E-state index in [1.54, 1.807) is 30.3 Å². The second-order valence-corrected chi connectivity index (χ2v) is 5.23. The maximum absolute atomic E-state index is 12.4. The van der Waals surface area contributed by atoms with Crippen molar-refractivity contribution in [1.29, 1.82) is 0 Å². The lowest BCUT2D eigenvalue weighted by Gasteiger charge is -2.18. The number of hydrogen-bond acceptors (Lipinski definition) is 2. The molecule has 0 amide bonds. The minimum Gasteiger partial charge on any atom is -0.289 e. The molecule has 3 heteroatoms. The summed E-state index contributed by atoms with van der Waals surface area (Å²) in [6.07, 6.45) is 0. The smallest absolute Gasteiger partial charge is 0.195 e. The quantitative estimate of drug-likeness (QED) is 0.636. The van der Waals surface area contributed by atoms with Crippen LogP contribution in [0.25, 0.3) is 0 Å². The van der Waals surface area contributed by atoms with Gasteiger partial charge in [0.25, 0.3) is 0 Å². The molecule has 0 fully saturated rings. The van der Waals surface area contributed by atoms with Gasteiger partial charge in [-0.25, -0.2) is 0 Å². The highest BCUT2D eigenvalue weighted by Gasteiger charge is 2.30. The van der Waals surface area contributed by atoms with Crippen LogP contribution in [0.5, 0.6) is 0 Å². The van der Waals surface area contributed by atoms with E-state index in [-0.39, 0.29) is 11.6 Å². The van der Waals surface area contributed by atoms with Crippen molar-refractivity contribution in [2.24, 2.45) is 0 Å². The first-order valence-electron chi connectivity index (χ1n) is 5.58. The number of hydrogen-bond donors (Lipinski definition) is 0. The monoisotopic (exact) mass is 300 g/mol. The number of ketones is 2. The molecule has 1 aliphatic carbocycles. The van der Waals surface area contributed by atoms with Crippen LogP contribution in [0, 0.1) is 6.92 Å². The molecule has 0 radical (unpaired) electrons. The molecule has 0 unspecified atom stereocenters. The predicted octanol–water partition coefficient (Wildman–Crippen LogP) is 3.53. The normalized spacial score (nSPS) is 13.2. The van der Waals surface area contributed by atoms with Crippen LogP contribution in [0.2, 0.25) is 0 Å². The molecule has 3 rings (SSSR count). The minimum atomic E-state index is -0.0907. The van der Waals surface area contributed by atoms with Crippen LogP contribution in [0.4, 0.5) is 0 Å². The lowest BCUT2D eigenvalue weighted by molar-refractivity contribution is 0.0978. The topological polar surface area (TPSA) is 34.1 Å². The summed E-state index contributed by atoms with van der Waals surface area (Å²) in [5.74, 6) is -0.170. The van der Waals surface area contributed by atoms with Gasteiger partial charge in [-0.1, -0.05) is 24.3 Å². The van der Waals surface area contributed by atoms with Crippen molar-refractivity contribution in [2.75, 3.05) is 0 Å². The minimum absolute atomic E-state index is 0.0791. The van der Waals surface area contributed by atoms with Crippen molar-refractivity contribution in [3.8, 4) is 0 Å². The standard InChI is InChI=1S/C15H9BrO2/c1-8-6-11-13(12(16)7-8)15(18)10-5-3-2-4-9(10)14(11)17/h2-7H,1H3. The van der Waals surface area contributed by atoms with E-state index in [9.17, 15) is 9.59 Å². The number of halogens is 1. The molecule has 0 N–H and O–H groups in total. The van der Waals surface area contributed by atoms with E-state index in [1.165, 1.54) is 0 Å². The van der Waals surface area contributed by atoms with Gasteiger partial charge in [-0.3, -0.25) is 9.59 Å². The summed E-state index contributed by atoms with van der Waals surface area (Å²) < 4.78 is 0.686. The predicted molar refractivity (Wildman–Crippen MR) is 72.2 cm³/mol. The van der Waals surface area contributed by atoms with Gasteiger partial charge in [-0.05, 0) is 40.5 Å². The summed E-state index contributed by atoms with van der Waals surface area (Å²) in [5, 5.41) is 0. The average molecular weight is 301 g/mol. The molecule has 88 valence electrons. The Morgan fingerprint density at radius 1 is 0.889 bits per heavy atom. The second-order valence-electron chi connectivity index (χ2n) is 4.37. The zero-order chi connectivity index (χ0) is 12.9. The van der Waals surface area contributed by atoms with Gasteiger partial charge >= 0.3 is 0 Å². The van der Waals surface area contributed by atoms with E-state index < -0.39 is 0 Å². The Kier molecular flexibility index (Phi) is 2.45. The van der Waals surface area contributed by atoms with Crippen LogP contribution in [-0.4, -0.2) is 11.6 Å². The molecule has 0 saturated heterocycles. The van der Waals surface area contributed by atoms with Crippen molar-refractivity contribution in [3.63, 3.8) is 0 Å². The van der Waals surface area contributed by atoms with Gasteiger partial charge in [0.2, 0.25) is 0 Å². The van der Waals surface area contributed by atoms with E-state index in [1.807, 2.05) is 13.0 Å². The van der Waals surface area contributed by atoms with Crippen molar-refractivity contribution in [2.45, 2.75) is 6.92 Å².